The van der Waals surface area contributed by atoms with Gasteiger partial charge in [0.25, 0.3) is 0 Å². The summed E-state index contributed by atoms with van der Waals surface area (Å²) in [4.78, 5) is 0. The molecule has 0 radical (unpaired) electrons. The smallest absolute Gasteiger partial charge is 0.122 e. The molecule has 0 aromatic heterocycles. The Morgan fingerprint density at radius 3 is 3.16 bits per heavy atom. The molecular weight excluding hydrogens is 236 g/mol. The van der Waals surface area contributed by atoms with Crippen molar-refractivity contribution in [1.82, 2.24) is 5.32 Å². The maximum absolute atomic E-state index is 8.54. The number of nitrogens with one attached hydrogen (secondary N) is 1. The van der Waals surface area contributed by atoms with Gasteiger partial charge in [-0.1, -0.05) is 19.1 Å². The predicted octanol–water partition coefficient (Wildman–Crippen LogP) is 3.36. The van der Waals surface area contributed by atoms with Crippen LogP contribution in [0.3, 0.4) is 0 Å². The average molecular weight is 258 g/mol. The molecule has 0 bridgehead atoms. The van der Waals surface area contributed by atoms with Crippen molar-refractivity contribution in [2.45, 2.75) is 45.1 Å². The van der Waals surface area contributed by atoms with Gasteiger partial charge in [0, 0.05) is 12.5 Å². The summed E-state index contributed by atoms with van der Waals surface area (Å²) in [6.07, 6.45) is 4.89. The molecule has 1 atom stereocenters. The molecule has 1 unspecified atom stereocenters. The summed E-state index contributed by atoms with van der Waals surface area (Å²) in [7, 11) is 0. The van der Waals surface area contributed by atoms with Crippen molar-refractivity contribution in [1.29, 1.82) is 5.26 Å². The molecule has 1 N–H and O–H groups in total. The van der Waals surface area contributed by atoms with Gasteiger partial charge in [-0.2, -0.15) is 5.26 Å². The zero-order valence-electron chi connectivity index (χ0n) is 11.6. The number of ether oxygens (including phenoxy) is 1. The van der Waals surface area contributed by atoms with Gasteiger partial charge in [-0.15, -0.1) is 0 Å². The SMILES string of the molecule is CCNC1CCCc2c(OCCCC#N)cccc21. The van der Waals surface area contributed by atoms with Crippen molar-refractivity contribution in [3.8, 4) is 11.8 Å². The van der Waals surface area contributed by atoms with E-state index in [-0.39, 0.29) is 0 Å². The highest BCUT2D eigenvalue weighted by atomic mass is 16.5. The topological polar surface area (TPSA) is 45.0 Å². The molecule has 0 fully saturated rings. The van der Waals surface area contributed by atoms with Crippen LogP contribution in [0.2, 0.25) is 0 Å². The molecule has 1 aliphatic carbocycles. The molecule has 0 saturated carbocycles. The first kappa shape index (κ1) is 13.9. The van der Waals surface area contributed by atoms with Gasteiger partial charge in [0.2, 0.25) is 0 Å². The molecule has 1 aromatic carbocycles. The number of unbranched alkanes of at least 4 members (excludes halogenated alkanes) is 1. The summed E-state index contributed by atoms with van der Waals surface area (Å²) in [6.45, 7) is 3.78. The van der Waals surface area contributed by atoms with Gasteiger partial charge >= 0.3 is 0 Å². The molecule has 2 rings (SSSR count). The fraction of sp³-hybridized carbons (Fsp3) is 0.562. The summed E-state index contributed by atoms with van der Waals surface area (Å²) in [6, 6.07) is 8.96. The molecule has 19 heavy (non-hydrogen) atoms. The van der Waals surface area contributed by atoms with E-state index in [4.69, 9.17) is 10.00 Å². The van der Waals surface area contributed by atoms with E-state index >= 15 is 0 Å². The highest BCUT2D eigenvalue weighted by Crippen LogP contribution is 2.35. The number of fused-ring (bicyclic) bond motifs is 1. The van der Waals surface area contributed by atoms with E-state index in [1.807, 2.05) is 0 Å². The molecule has 0 heterocycles. The van der Waals surface area contributed by atoms with E-state index in [1.54, 1.807) is 0 Å². The molecule has 1 aliphatic rings. The van der Waals surface area contributed by atoms with Crippen molar-refractivity contribution in [2.24, 2.45) is 0 Å². The molecule has 1 aromatic rings. The van der Waals surface area contributed by atoms with Crippen molar-refractivity contribution in [3.05, 3.63) is 29.3 Å². The molecule has 0 spiro atoms. The van der Waals surface area contributed by atoms with E-state index < -0.39 is 0 Å². The van der Waals surface area contributed by atoms with Crippen LogP contribution < -0.4 is 10.1 Å². The Kier molecular flexibility index (Phi) is 5.23. The number of nitriles is 1. The minimum atomic E-state index is 0.469. The van der Waals surface area contributed by atoms with Gasteiger partial charge in [-0.25, -0.2) is 0 Å². The largest absolute Gasteiger partial charge is 0.493 e. The summed E-state index contributed by atoms with van der Waals surface area (Å²) < 4.78 is 5.85. The second kappa shape index (κ2) is 7.16. The van der Waals surface area contributed by atoms with Crippen LogP contribution in [0, 0.1) is 11.3 Å². The lowest BCUT2D eigenvalue weighted by Gasteiger charge is -2.27. The summed E-state index contributed by atoms with van der Waals surface area (Å²) in [5.41, 5.74) is 2.75. The van der Waals surface area contributed by atoms with E-state index in [9.17, 15) is 0 Å². The van der Waals surface area contributed by atoms with Crippen LogP contribution in [0.15, 0.2) is 18.2 Å². The Balaban J connectivity index is 2.09. The maximum atomic E-state index is 8.54. The number of hydrogen-bond donors (Lipinski definition) is 1. The van der Waals surface area contributed by atoms with Crippen molar-refractivity contribution < 1.29 is 4.74 Å². The minimum absolute atomic E-state index is 0.469. The Bertz CT molecular complexity index is 451. The van der Waals surface area contributed by atoms with Gasteiger partial charge in [0.1, 0.15) is 5.75 Å². The summed E-state index contributed by atoms with van der Waals surface area (Å²) >= 11 is 0. The molecule has 0 saturated heterocycles. The second-order valence-corrected chi connectivity index (χ2v) is 4.94. The Labute approximate surface area is 115 Å². The van der Waals surface area contributed by atoms with Gasteiger partial charge in [0.05, 0.1) is 12.7 Å². The fourth-order valence-corrected chi connectivity index (χ4v) is 2.74. The van der Waals surface area contributed by atoms with Crippen LogP contribution in [0.25, 0.3) is 0 Å². The van der Waals surface area contributed by atoms with Crippen LogP contribution in [-0.4, -0.2) is 13.2 Å². The Morgan fingerprint density at radius 1 is 1.47 bits per heavy atom. The van der Waals surface area contributed by atoms with Crippen molar-refractivity contribution in [2.75, 3.05) is 13.2 Å². The highest BCUT2D eigenvalue weighted by molar-refractivity contribution is 5.43. The van der Waals surface area contributed by atoms with Crippen LogP contribution in [0.5, 0.6) is 5.75 Å². The molecule has 102 valence electrons. The van der Waals surface area contributed by atoms with E-state index in [0.717, 1.165) is 25.1 Å². The van der Waals surface area contributed by atoms with Crippen molar-refractivity contribution >= 4 is 0 Å². The van der Waals surface area contributed by atoms with Gasteiger partial charge in [0.15, 0.2) is 0 Å². The maximum Gasteiger partial charge on any atom is 0.122 e. The summed E-state index contributed by atoms with van der Waals surface area (Å²) in [5, 5.41) is 12.1. The zero-order valence-corrected chi connectivity index (χ0v) is 11.6. The quantitative estimate of drug-likeness (QED) is 0.796. The highest BCUT2D eigenvalue weighted by Gasteiger charge is 2.21. The van der Waals surface area contributed by atoms with Crippen LogP contribution in [0.4, 0.5) is 0 Å². The molecule has 3 heteroatoms. The normalized spacial score (nSPS) is 17.6. The number of rotatable bonds is 6. The zero-order chi connectivity index (χ0) is 13.5. The second-order valence-electron chi connectivity index (χ2n) is 4.94. The van der Waals surface area contributed by atoms with Gasteiger partial charge in [-0.3, -0.25) is 0 Å². The Morgan fingerprint density at radius 2 is 2.37 bits per heavy atom. The van der Waals surface area contributed by atoms with Gasteiger partial charge < -0.3 is 10.1 Å². The fourth-order valence-electron chi connectivity index (χ4n) is 2.74. The van der Waals surface area contributed by atoms with E-state index in [1.165, 1.54) is 24.0 Å². The van der Waals surface area contributed by atoms with Crippen LogP contribution in [-0.2, 0) is 6.42 Å². The number of nitrogens with zero attached hydrogens (tertiary/aromatic N) is 1. The first-order valence-corrected chi connectivity index (χ1v) is 7.21. The predicted molar refractivity (Wildman–Crippen MR) is 76.1 cm³/mol. The third-order valence-electron chi connectivity index (χ3n) is 3.61. The molecule has 0 aliphatic heterocycles. The average Bonchev–Trinajstić information content (AvgIpc) is 2.44. The van der Waals surface area contributed by atoms with Gasteiger partial charge in [-0.05, 0) is 49.4 Å². The minimum Gasteiger partial charge on any atom is -0.493 e. The lowest BCUT2D eigenvalue weighted by Crippen LogP contribution is -2.25. The number of benzene rings is 1. The molecular formula is C16H22N2O. The third kappa shape index (κ3) is 3.48. The van der Waals surface area contributed by atoms with Crippen molar-refractivity contribution in [3.63, 3.8) is 0 Å². The lowest BCUT2D eigenvalue weighted by atomic mass is 9.87. The monoisotopic (exact) mass is 258 g/mol. The first-order valence-electron chi connectivity index (χ1n) is 7.21. The lowest BCUT2D eigenvalue weighted by molar-refractivity contribution is 0.306. The van der Waals surface area contributed by atoms with E-state index in [0.29, 0.717) is 19.1 Å². The van der Waals surface area contributed by atoms with Crippen LogP contribution in [0.1, 0.15) is 49.8 Å². The molecule has 0 amide bonds. The first-order chi connectivity index (χ1) is 9.36. The standard InChI is InChI=1S/C16H22N2O/c1-2-18-15-9-5-8-14-13(15)7-6-10-16(14)19-12-4-3-11-17/h6-7,10,15,18H,2-5,8-9,12H2,1H3. The Hall–Kier alpha value is -1.53. The third-order valence-corrected chi connectivity index (χ3v) is 3.61. The van der Waals surface area contributed by atoms with Crippen LogP contribution >= 0.6 is 0 Å². The van der Waals surface area contributed by atoms with E-state index in [2.05, 4.69) is 36.5 Å². The summed E-state index contributed by atoms with van der Waals surface area (Å²) in [5.74, 6) is 1.01. The molecule has 3 nitrogen and oxygen atoms in total. The number of hydrogen-bond acceptors (Lipinski definition) is 3.